The van der Waals surface area contributed by atoms with Crippen LogP contribution in [0.4, 0.5) is 0 Å². The molecule has 0 aromatic rings. The molecule has 0 heterocycles. The molecule has 2 fully saturated rings. The van der Waals surface area contributed by atoms with Gasteiger partial charge in [0.1, 0.15) is 0 Å². The Morgan fingerprint density at radius 3 is 2.14 bits per heavy atom. The van der Waals surface area contributed by atoms with Crippen molar-refractivity contribution in [2.24, 2.45) is 22.5 Å². The Kier molecular flexibility index (Phi) is 2.42. The monoisotopic (exact) mass is 195 g/mol. The van der Waals surface area contributed by atoms with E-state index in [1.165, 1.54) is 38.5 Å². The zero-order chi connectivity index (χ0) is 10.4. The average Bonchev–Trinajstić information content (AvgIpc) is 2.51. The first-order chi connectivity index (χ1) is 6.43. The van der Waals surface area contributed by atoms with Gasteiger partial charge in [-0.3, -0.25) is 0 Å². The highest BCUT2D eigenvalue weighted by Crippen LogP contribution is 2.55. The van der Waals surface area contributed by atoms with Gasteiger partial charge in [0.2, 0.25) is 0 Å². The molecule has 0 amide bonds. The Hall–Kier alpha value is -0.0400. The van der Waals surface area contributed by atoms with Crippen LogP contribution in [0.25, 0.3) is 0 Å². The Morgan fingerprint density at radius 1 is 1.21 bits per heavy atom. The van der Waals surface area contributed by atoms with E-state index < -0.39 is 0 Å². The molecule has 2 unspecified atom stereocenters. The lowest BCUT2D eigenvalue weighted by Gasteiger charge is -2.28. The molecule has 14 heavy (non-hydrogen) atoms. The van der Waals surface area contributed by atoms with E-state index in [1.54, 1.807) is 0 Å². The van der Waals surface area contributed by atoms with Gasteiger partial charge in [-0.15, -0.1) is 0 Å². The Balaban J connectivity index is 1.85. The highest BCUT2D eigenvalue weighted by Gasteiger charge is 2.50. The maximum atomic E-state index is 6.32. The van der Waals surface area contributed by atoms with Crippen molar-refractivity contribution in [3.05, 3.63) is 0 Å². The number of hydrogen-bond acceptors (Lipinski definition) is 1. The van der Waals surface area contributed by atoms with Crippen molar-refractivity contribution in [3.8, 4) is 0 Å². The van der Waals surface area contributed by atoms with Gasteiger partial charge in [0.15, 0.2) is 0 Å². The SMILES string of the molecule is CC1(CC(N)C2CC2(C)C)CCCC1. The van der Waals surface area contributed by atoms with E-state index in [4.69, 9.17) is 5.73 Å². The summed E-state index contributed by atoms with van der Waals surface area (Å²) in [5, 5.41) is 0. The van der Waals surface area contributed by atoms with Crippen LogP contribution in [-0.2, 0) is 0 Å². The molecule has 0 bridgehead atoms. The van der Waals surface area contributed by atoms with Crippen LogP contribution in [0.5, 0.6) is 0 Å². The fraction of sp³-hybridized carbons (Fsp3) is 1.00. The molecule has 0 radical (unpaired) electrons. The number of nitrogens with two attached hydrogens (primary N) is 1. The summed E-state index contributed by atoms with van der Waals surface area (Å²) in [4.78, 5) is 0. The van der Waals surface area contributed by atoms with Crippen LogP contribution in [0.2, 0.25) is 0 Å². The van der Waals surface area contributed by atoms with Crippen LogP contribution in [0.1, 0.15) is 59.3 Å². The first-order valence-electron chi connectivity index (χ1n) is 6.19. The van der Waals surface area contributed by atoms with Gasteiger partial charge in [0.25, 0.3) is 0 Å². The topological polar surface area (TPSA) is 26.0 Å². The lowest BCUT2D eigenvalue weighted by molar-refractivity contribution is 0.260. The summed E-state index contributed by atoms with van der Waals surface area (Å²) in [5.74, 6) is 0.805. The molecule has 2 atom stereocenters. The summed E-state index contributed by atoms with van der Waals surface area (Å²) in [5.41, 5.74) is 7.45. The minimum absolute atomic E-state index is 0.466. The zero-order valence-corrected chi connectivity index (χ0v) is 9.97. The molecule has 2 saturated carbocycles. The summed E-state index contributed by atoms with van der Waals surface area (Å²) in [6, 6.07) is 0.466. The third-order valence-corrected chi connectivity index (χ3v) is 4.65. The second-order valence-electron chi connectivity index (χ2n) is 6.68. The van der Waals surface area contributed by atoms with Gasteiger partial charge in [-0.2, -0.15) is 0 Å². The van der Waals surface area contributed by atoms with Crippen molar-refractivity contribution in [2.75, 3.05) is 0 Å². The molecule has 0 saturated heterocycles. The molecule has 1 nitrogen and oxygen atoms in total. The minimum Gasteiger partial charge on any atom is -0.327 e. The molecule has 82 valence electrons. The lowest BCUT2D eigenvalue weighted by atomic mass is 9.80. The molecule has 2 rings (SSSR count). The maximum absolute atomic E-state index is 6.32. The van der Waals surface area contributed by atoms with Crippen molar-refractivity contribution >= 4 is 0 Å². The molecular formula is C13H25N. The van der Waals surface area contributed by atoms with Gasteiger partial charge in [-0.25, -0.2) is 0 Å². The van der Waals surface area contributed by atoms with Crippen molar-refractivity contribution in [1.82, 2.24) is 0 Å². The van der Waals surface area contributed by atoms with Crippen molar-refractivity contribution in [2.45, 2.75) is 65.3 Å². The normalized spacial score (nSPS) is 35.6. The van der Waals surface area contributed by atoms with Crippen molar-refractivity contribution in [1.29, 1.82) is 0 Å². The molecule has 2 aliphatic carbocycles. The highest BCUT2D eigenvalue weighted by molar-refractivity contribution is 5.02. The standard InChI is InChI=1S/C13H25N/c1-12(2)8-10(12)11(14)9-13(3)6-4-5-7-13/h10-11H,4-9,14H2,1-3H3. The van der Waals surface area contributed by atoms with Crippen LogP contribution < -0.4 is 5.73 Å². The zero-order valence-electron chi connectivity index (χ0n) is 9.97. The smallest absolute Gasteiger partial charge is 0.00776 e. The lowest BCUT2D eigenvalue weighted by Crippen LogP contribution is -2.31. The fourth-order valence-corrected chi connectivity index (χ4v) is 3.38. The highest BCUT2D eigenvalue weighted by atomic mass is 14.7. The van der Waals surface area contributed by atoms with E-state index >= 15 is 0 Å². The number of hydrogen-bond donors (Lipinski definition) is 1. The maximum Gasteiger partial charge on any atom is 0.00776 e. The van der Waals surface area contributed by atoms with Crippen molar-refractivity contribution in [3.63, 3.8) is 0 Å². The van der Waals surface area contributed by atoms with Crippen LogP contribution in [0.15, 0.2) is 0 Å². The fourth-order valence-electron chi connectivity index (χ4n) is 3.38. The molecule has 1 heteroatoms. The molecule has 0 spiro atoms. The van der Waals surface area contributed by atoms with E-state index in [1.807, 2.05) is 0 Å². The molecule has 0 aromatic heterocycles. The second-order valence-corrected chi connectivity index (χ2v) is 6.68. The Morgan fingerprint density at radius 2 is 1.71 bits per heavy atom. The average molecular weight is 195 g/mol. The quantitative estimate of drug-likeness (QED) is 0.734. The van der Waals surface area contributed by atoms with Crippen molar-refractivity contribution < 1.29 is 0 Å². The number of rotatable bonds is 3. The third-order valence-electron chi connectivity index (χ3n) is 4.65. The molecule has 2 aliphatic rings. The summed E-state index contributed by atoms with van der Waals surface area (Å²) in [6.07, 6.45) is 8.29. The predicted molar refractivity (Wildman–Crippen MR) is 61.1 cm³/mol. The van der Waals surface area contributed by atoms with Gasteiger partial charge in [-0.1, -0.05) is 33.6 Å². The van der Waals surface area contributed by atoms with Crippen LogP contribution in [0, 0.1) is 16.7 Å². The first kappa shape index (κ1) is 10.5. The largest absolute Gasteiger partial charge is 0.327 e. The summed E-state index contributed by atoms with van der Waals surface area (Å²) < 4.78 is 0. The Bertz CT molecular complexity index is 213. The third kappa shape index (κ3) is 1.98. The second kappa shape index (κ2) is 3.23. The van der Waals surface area contributed by atoms with Gasteiger partial charge in [0.05, 0.1) is 0 Å². The van der Waals surface area contributed by atoms with Crippen LogP contribution in [-0.4, -0.2) is 6.04 Å². The van der Waals surface area contributed by atoms with Gasteiger partial charge in [0, 0.05) is 6.04 Å². The van der Waals surface area contributed by atoms with E-state index in [0.717, 1.165) is 5.92 Å². The van der Waals surface area contributed by atoms with Gasteiger partial charge < -0.3 is 5.73 Å². The van der Waals surface area contributed by atoms with E-state index in [9.17, 15) is 0 Å². The molecule has 0 aromatic carbocycles. The van der Waals surface area contributed by atoms with E-state index in [-0.39, 0.29) is 0 Å². The van der Waals surface area contributed by atoms with Gasteiger partial charge >= 0.3 is 0 Å². The Labute approximate surface area is 88.4 Å². The predicted octanol–water partition coefficient (Wildman–Crippen LogP) is 3.33. The van der Waals surface area contributed by atoms with Crippen LogP contribution in [0.3, 0.4) is 0 Å². The molecule has 2 N–H and O–H groups in total. The summed E-state index contributed by atoms with van der Waals surface area (Å²) >= 11 is 0. The van der Waals surface area contributed by atoms with Crippen LogP contribution >= 0.6 is 0 Å². The summed E-state index contributed by atoms with van der Waals surface area (Å²) in [7, 11) is 0. The first-order valence-corrected chi connectivity index (χ1v) is 6.19. The summed E-state index contributed by atoms with van der Waals surface area (Å²) in [6.45, 7) is 7.15. The van der Waals surface area contributed by atoms with Gasteiger partial charge in [-0.05, 0) is 42.4 Å². The van der Waals surface area contributed by atoms with E-state index in [0.29, 0.717) is 16.9 Å². The molecular weight excluding hydrogens is 170 g/mol. The minimum atomic E-state index is 0.466. The molecule has 0 aliphatic heterocycles. The van der Waals surface area contributed by atoms with E-state index in [2.05, 4.69) is 20.8 Å².